The van der Waals surface area contributed by atoms with Gasteiger partial charge in [-0.05, 0) is 24.6 Å². The van der Waals surface area contributed by atoms with E-state index in [9.17, 15) is 5.11 Å². The molecule has 0 radical (unpaired) electrons. The van der Waals surface area contributed by atoms with Crippen molar-refractivity contribution in [1.29, 1.82) is 0 Å². The van der Waals surface area contributed by atoms with E-state index in [1.807, 2.05) is 0 Å². The summed E-state index contributed by atoms with van der Waals surface area (Å²) in [6, 6.07) is 5.25. The first kappa shape index (κ1) is 9.51. The Hall–Kier alpha value is -1.58. The monoisotopic (exact) mass is 178 g/mol. The van der Waals surface area contributed by atoms with Gasteiger partial charge in [-0.3, -0.25) is 4.98 Å². The number of aliphatic hydroxyl groups excluding tert-OH is 1. The van der Waals surface area contributed by atoms with Gasteiger partial charge in [-0.25, -0.2) is 0 Å². The van der Waals surface area contributed by atoms with Gasteiger partial charge < -0.3 is 5.11 Å². The lowest BCUT2D eigenvalue weighted by atomic mass is 10.2. The van der Waals surface area contributed by atoms with E-state index >= 15 is 0 Å². The molecule has 0 unspecified atom stereocenters. The van der Waals surface area contributed by atoms with Crippen molar-refractivity contribution < 1.29 is 5.11 Å². The molecule has 13 heavy (non-hydrogen) atoms. The van der Waals surface area contributed by atoms with Crippen LogP contribution in [0.1, 0.15) is 24.4 Å². The second-order valence-corrected chi connectivity index (χ2v) is 2.62. The number of hydrogen-bond donors (Lipinski definition) is 1. The maximum atomic E-state index is 9.21. The molecule has 1 rings (SSSR count). The number of pyridine rings is 1. The summed E-state index contributed by atoms with van der Waals surface area (Å²) in [4.78, 5) is 6.72. The highest BCUT2D eigenvalue weighted by atomic mass is 16.3. The Labute approximate surface area is 75.7 Å². The van der Waals surface area contributed by atoms with Crippen LogP contribution in [0.5, 0.6) is 0 Å². The topological polar surface area (TPSA) is 81.9 Å². The molecule has 0 amide bonds. The van der Waals surface area contributed by atoms with Gasteiger partial charge in [0.25, 0.3) is 0 Å². The SMILES string of the molecule is C[C@@H](O)c1cccc(CN=[N+]=[N-])n1. The summed E-state index contributed by atoms with van der Waals surface area (Å²) in [5.74, 6) is 0. The summed E-state index contributed by atoms with van der Waals surface area (Å²) in [6.45, 7) is 1.86. The van der Waals surface area contributed by atoms with E-state index in [0.717, 1.165) is 0 Å². The summed E-state index contributed by atoms with van der Waals surface area (Å²) >= 11 is 0. The van der Waals surface area contributed by atoms with E-state index in [2.05, 4.69) is 15.0 Å². The Morgan fingerprint density at radius 3 is 3.08 bits per heavy atom. The van der Waals surface area contributed by atoms with Gasteiger partial charge in [0.2, 0.25) is 0 Å². The van der Waals surface area contributed by atoms with Crippen molar-refractivity contribution in [3.8, 4) is 0 Å². The van der Waals surface area contributed by atoms with Gasteiger partial charge in [0.1, 0.15) is 0 Å². The van der Waals surface area contributed by atoms with Crippen LogP contribution in [-0.2, 0) is 6.54 Å². The minimum absolute atomic E-state index is 0.219. The third kappa shape index (κ3) is 2.74. The first-order valence-electron chi connectivity index (χ1n) is 3.89. The number of hydrogen-bond acceptors (Lipinski definition) is 3. The first-order valence-corrected chi connectivity index (χ1v) is 3.89. The maximum absolute atomic E-state index is 9.21. The standard InChI is InChI=1S/C8H10N4O/c1-6(13)8-4-2-3-7(11-8)5-10-12-9/h2-4,6,13H,5H2,1H3/t6-/m1/s1. The molecule has 5 nitrogen and oxygen atoms in total. The molecule has 0 fully saturated rings. The van der Waals surface area contributed by atoms with Gasteiger partial charge in [-0.1, -0.05) is 11.2 Å². The number of aromatic nitrogens is 1. The van der Waals surface area contributed by atoms with Gasteiger partial charge in [0, 0.05) is 10.6 Å². The van der Waals surface area contributed by atoms with Gasteiger partial charge in [0.15, 0.2) is 0 Å². The molecule has 0 aliphatic rings. The normalized spacial score (nSPS) is 11.8. The zero-order valence-electron chi connectivity index (χ0n) is 7.25. The lowest BCUT2D eigenvalue weighted by Crippen LogP contribution is -1.97. The van der Waals surface area contributed by atoms with E-state index in [4.69, 9.17) is 5.53 Å². The Morgan fingerprint density at radius 2 is 2.46 bits per heavy atom. The van der Waals surface area contributed by atoms with Gasteiger partial charge in [-0.15, -0.1) is 0 Å². The molecule has 1 N–H and O–H groups in total. The van der Waals surface area contributed by atoms with Gasteiger partial charge in [0.05, 0.1) is 18.3 Å². The molecule has 0 saturated carbocycles. The molecule has 1 aromatic rings. The quantitative estimate of drug-likeness (QED) is 0.436. The number of nitrogens with zero attached hydrogens (tertiary/aromatic N) is 4. The summed E-state index contributed by atoms with van der Waals surface area (Å²) in [6.07, 6.45) is -0.592. The molecule has 0 aliphatic carbocycles. The van der Waals surface area contributed by atoms with E-state index in [-0.39, 0.29) is 6.54 Å². The van der Waals surface area contributed by atoms with Crippen molar-refractivity contribution in [2.45, 2.75) is 19.6 Å². The van der Waals surface area contributed by atoms with Crippen LogP contribution in [0.15, 0.2) is 23.3 Å². The third-order valence-corrected chi connectivity index (χ3v) is 1.55. The summed E-state index contributed by atoms with van der Waals surface area (Å²) in [7, 11) is 0. The summed E-state index contributed by atoms with van der Waals surface area (Å²) < 4.78 is 0. The van der Waals surface area contributed by atoms with Crippen LogP contribution < -0.4 is 0 Å². The predicted octanol–water partition coefficient (Wildman–Crippen LogP) is 1.95. The van der Waals surface area contributed by atoms with Crippen LogP contribution in [0, 0.1) is 0 Å². The molecular weight excluding hydrogens is 168 g/mol. The van der Waals surface area contributed by atoms with Crippen molar-refractivity contribution >= 4 is 0 Å². The molecule has 1 heterocycles. The number of rotatable bonds is 3. The molecule has 1 aromatic heterocycles. The van der Waals surface area contributed by atoms with Crippen LogP contribution in [0.3, 0.4) is 0 Å². The van der Waals surface area contributed by atoms with Crippen molar-refractivity contribution in [2.75, 3.05) is 0 Å². The molecule has 68 valence electrons. The zero-order valence-corrected chi connectivity index (χ0v) is 7.25. The largest absolute Gasteiger partial charge is 0.387 e. The average molecular weight is 178 g/mol. The Balaban J connectivity index is 2.85. The Morgan fingerprint density at radius 1 is 1.69 bits per heavy atom. The van der Waals surface area contributed by atoms with Crippen molar-refractivity contribution in [2.24, 2.45) is 5.11 Å². The first-order chi connectivity index (χ1) is 6.24. The van der Waals surface area contributed by atoms with Crippen LogP contribution in [0.2, 0.25) is 0 Å². The molecule has 1 atom stereocenters. The second-order valence-electron chi connectivity index (χ2n) is 2.62. The molecule has 0 spiro atoms. The lowest BCUT2D eigenvalue weighted by Gasteiger charge is -2.04. The molecule has 5 heteroatoms. The molecule has 0 aliphatic heterocycles. The van der Waals surface area contributed by atoms with Gasteiger partial charge in [-0.2, -0.15) is 0 Å². The van der Waals surface area contributed by atoms with Crippen molar-refractivity contribution in [3.05, 3.63) is 40.0 Å². The minimum Gasteiger partial charge on any atom is -0.387 e. The summed E-state index contributed by atoms with van der Waals surface area (Å²) in [5.41, 5.74) is 9.34. The lowest BCUT2D eigenvalue weighted by molar-refractivity contribution is 0.194. The average Bonchev–Trinajstić information content (AvgIpc) is 2.15. The fourth-order valence-electron chi connectivity index (χ4n) is 0.923. The van der Waals surface area contributed by atoms with Crippen molar-refractivity contribution in [1.82, 2.24) is 4.98 Å². The van der Waals surface area contributed by atoms with Crippen molar-refractivity contribution in [3.63, 3.8) is 0 Å². The van der Waals surface area contributed by atoms with E-state index in [0.29, 0.717) is 11.4 Å². The Kier molecular flexibility index (Phi) is 3.25. The predicted molar refractivity (Wildman–Crippen MR) is 47.7 cm³/mol. The smallest absolute Gasteiger partial charge is 0.0931 e. The highest BCUT2D eigenvalue weighted by molar-refractivity contribution is 5.12. The zero-order chi connectivity index (χ0) is 9.68. The van der Waals surface area contributed by atoms with E-state index in [1.54, 1.807) is 25.1 Å². The number of azide groups is 1. The number of aliphatic hydroxyl groups is 1. The van der Waals surface area contributed by atoms with E-state index in [1.165, 1.54) is 0 Å². The molecule has 0 saturated heterocycles. The van der Waals surface area contributed by atoms with Crippen LogP contribution in [0.25, 0.3) is 10.4 Å². The van der Waals surface area contributed by atoms with Gasteiger partial charge >= 0.3 is 0 Å². The highest BCUT2D eigenvalue weighted by Crippen LogP contribution is 2.09. The second kappa shape index (κ2) is 4.45. The fraction of sp³-hybridized carbons (Fsp3) is 0.375. The van der Waals surface area contributed by atoms with Crippen LogP contribution in [-0.4, -0.2) is 10.1 Å². The van der Waals surface area contributed by atoms with E-state index < -0.39 is 6.10 Å². The molecule has 0 aromatic carbocycles. The van der Waals surface area contributed by atoms with Crippen LogP contribution >= 0.6 is 0 Å². The maximum Gasteiger partial charge on any atom is 0.0931 e. The van der Waals surface area contributed by atoms with Crippen LogP contribution in [0.4, 0.5) is 0 Å². The fourth-order valence-corrected chi connectivity index (χ4v) is 0.923. The minimum atomic E-state index is -0.592. The Bertz CT molecular complexity index is 331. The molecule has 0 bridgehead atoms. The highest BCUT2D eigenvalue weighted by Gasteiger charge is 2.01. The third-order valence-electron chi connectivity index (χ3n) is 1.55. The molecular formula is C8H10N4O. The summed E-state index contributed by atoms with van der Waals surface area (Å²) in [5, 5.41) is 12.6.